The summed E-state index contributed by atoms with van der Waals surface area (Å²) in [6.45, 7) is 6.26. The van der Waals surface area contributed by atoms with Crippen molar-refractivity contribution in [1.29, 1.82) is 0 Å². The Hall–Kier alpha value is -0.960. The molecule has 78 valence electrons. The SMILES string of the molecule is CCCc1nc(C)c(CCO)c(C)n1. The molecule has 0 spiro atoms. The third-order valence-corrected chi connectivity index (χ3v) is 2.30. The van der Waals surface area contributed by atoms with Gasteiger partial charge in [-0.15, -0.1) is 0 Å². The molecular formula is C11H18N2O. The van der Waals surface area contributed by atoms with E-state index in [9.17, 15) is 0 Å². The van der Waals surface area contributed by atoms with Crippen LogP contribution in [0.3, 0.4) is 0 Å². The van der Waals surface area contributed by atoms with E-state index in [-0.39, 0.29) is 6.61 Å². The summed E-state index contributed by atoms with van der Waals surface area (Å²) in [6, 6.07) is 0. The monoisotopic (exact) mass is 194 g/mol. The zero-order valence-corrected chi connectivity index (χ0v) is 9.17. The molecule has 3 nitrogen and oxygen atoms in total. The van der Waals surface area contributed by atoms with Gasteiger partial charge in [-0.05, 0) is 32.3 Å². The Morgan fingerprint density at radius 1 is 1.07 bits per heavy atom. The summed E-state index contributed by atoms with van der Waals surface area (Å²) in [5.41, 5.74) is 3.11. The van der Waals surface area contributed by atoms with Crippen LogP contribution < -0.4 is 0 Å². The van der Waals surface area contributed by atoms with Gasteiger partial charge in [-0.1, -0.05) is 6.92 Å². The van der Waals surface area contributed by atoms with E-state index in [1.165, 1.54) is 0 Å². The van der Waals surface area contributed by atoms with E-state index in [2.05, 4.69) is 16.9 Å². The number of hydrogen-bond donors (Lipinski definition) is 1. The van der Waals surface area contributed by atoms with Crippen molar-refractivity contribution in [1.82, 2.24) is 9.97 Å². The van der Waals surface area contributed by atoms with E-state index < -0.39 is 0 Å². The molecule has 0 aromatic carbocycles. The van der Waals surface area contributed by atoms with Crippen molar-refractivity contribution in [2.45, 2.75) is 40.0 Å². The van der Waals surface area contributed by atoms with Gasteiger partial charge in [-0.3, -0.25) is 0 Å². The third kappa shape index (κ3) is 2.51. The van der Waals surface area contributed by atoms with Crippen molar-refractivity contribution in [3.05, 3.63) is 22.8 Å². The van der Waals surface area contributed by atoms with Crippen LogP contribution >= 0.6 is 0 Å². The molecule has 14 heavy (non-hydrogen) atoms. The first-order chi connectivity index (χ1) is 6.69. The summed E-state index contributed by atoms with van der Waals surface area (Å²) in [5, 5.41) is 8.89. The minimum absolute atomic E-state index is 0.165. The van der Waals surface area contributed by atoms with Gasteiger partial charge in [0.15, 0.2) is 0 Å². The quantitative estimate of drug-likeness (QED) is 0.791. The van der Waals surface area contributed by atoms with Crippen molar-refractivity contribution >= 4 is 0 Å². The Kier molecular flexibility index (Phi) is 4.01. The summed E-state index contributed by atoms with van der Waals surface area (Å²) in [5.74, 6) is 0.921. The third-order valence-electron chi connectivity index (χ3n) is 2.30. The number of hydrogen-bond acceptors (Lipinski definition) is 3. The van der Waals surface area contributed by atoms with Crippen molar-refractivity contribution in [2.24, 2.45) is 0 Å². The summed E-state index contributed by atoms with van der Waals surface area (Å²) in [4.78, 5) is 8.84. The molecule has 0 bridgehead atoms. The molecule has 1 aromatic rings. The van der Waals surface area contributed by atoms with E-state index in [0.29, 0.717) is 6.42 Å². The molecule has 0 amide bonds. The molecular weight excluding hydrogens is 176 g/mol. The van der Waals surface area contributed by atoms with Crippen LogP contribution in [0.5, 0.6) is 0 Å². The van der Waals surface area contributed by atoms with Crippen LogP contribution in [0.4, 0.5) is 0 Å². The number of rotatable bonds is 4. The van der Waals surface area contributed by atoms with Crippen molar-refractivity contribution < 1.29 is 5.11 Å². The van der Waals surface area contributed by atoms with Crippen LogP contribution in [0, 0.1) is 13.8 Å². The fourth-order valence-electron chi connectivity index (χ4n) is 1.62. The van der Waals surface area contributed by atoms with Crippen LogP contribution in [-0.4, -0.2) is 21.7 Å². The second-order valence-corrected chi connectivity index (χ2v) is 3.51. The van der Waals surface area contributed by atoms with Gasteiger partial charge in [0.2, 0.25) is 0 Å². The van der Waals surface area contributed by atoms with Crippen molar-refractivity contribution in [2.75, 3.05) is 6.61 Å². The van der Waals surface area contributed by atoms with Crippen LogP contribution in [0.1, 0.15) is 36.1 Å². The van der Waals surface area contributed by atoms with Crippen molar-refractivity contribution in [3.8, 4) is 0 Å². The van der Waals surface area contributed by atoms with Crippen molar-refractivity contribution in [3.63, 3.8) is 0 Å². The van der Waals surface area contributed by atoms with Crippen LogP contribution in [0.15, 0.2) is 0 Å². The van der Waals surface area contributed by atoms with E-state index in [1.54, 1.807) is 0 Å². The molecule has 1 rings (SSSR count). The topological polar surface area (TPSA) is 46.0 Å². The minimum atomic E-state index is 0.165. The lowest BCUT2D eigenvalue weighted by Crippen LogP contribution is -2.06. The highest BCUT2D eigenvalue weighted by Gasteiger charge is 2.06. The highest BCUT2D eigenvalue weighted by Crippen LogP contribution is 2.11. The average molecular weight is 194 g/mol. The molecule has 1 N–H and O–H groups in total. The molecule has 0 fully saturated rings. The van der Waals surface area contributed by atoms with Gasteiger partial charge >= 0.3 is 0 Å². The molecule has 0 aliphatic heterocycles. The predicted octanol–water partition coefficient (Wildman–Crippen LogP) is 1.58. The molecule has 3 heteroatoms. The number of aliphatic hydroxyl groups excluding tert-OH is 1. The predicted molar refractivity (Wildman–Crippen MR) is 56.3 cm³/mol. The summed E-state index contributed by atoms with van der Waals surface area (Å²) >= 11 is 0. The van der Waals surface area contributed by atoms with Gasteiger partial charge in [0.1, 0.15) is 5.82 Å². The lowest BCUT2D eigenvalue weighted by molar-refractivity contribution is 0.298. The fraction of sp³-hybridized carbons (Fsp3) is 0.636. The standard InChI is InChI=1S/C11H18N2O/c1-4-5-11-12-8(2)10(6-7-14)9(3)13-11/h14H,4-7H2,1-3H3. The van der Waals surface area contributed by atoms with Crippen LogP contribution in [0.2, 0.25) is 0 Å². The Bertz CT molecular complexity index is 287. The van der Waals surface area contributed by atoms with Crippen LogP contribution in [-0.2, 0) is 12.8 Å². The molecule has 0 saturated heterocycles. The zero-order chi connectivity index (χ0) is 10.6. The Morgan fingerprint density at radius 2 is 1.64 bits per heavy atom. The summed E-state index contributed by atoms with van der Waals surface area (Å²) in [6.07, 6.45) is 2.66. The smallest absolute Gasteiger partial charge is 0.128 e. The largest absolute Gasteiger partial charge is 0.396 e. The number of aliphatic hydroxyl groups is 1. The lowest BCUT2D eigenvalue weighted by Gasteiger charge is -2.08. The zero-order valence-electron chi connectivity index (χ0n) is 9.17. The summed E-state index contributed by atoms with van der Waals surface area (Å²) < 4.78 is 0. The second-order valence-electron chi connectivity index (χ2n) is 3.51. The number of aromatic nitrogens is 2. The van der Waals surface area contributed by atoms with E-state index in [1.807, 2.05) is 13.8 Å². The maximum Gasteiger partial charge on any atom is 0.128 e. The Labute approximate surface area is 85.2 Å². The van der Waals surface area contributed by atoms with Gasteiger partial charge in [-0.2, -0.15) is 0 Å². The first-order valence-corrected chi connectivity index (χ1v) is 5.12. The summed E-state index contributed by atoms with van der Waals surface area (Å²) in [7, 11) is 0. The molecule has 0 unspecified atom stereocenters. The van der Waals surface area contributed by atoms with E-state index in [0.717, 1.165) is 35.6 Å². The second kappa shape index (κ2) is 5.05. The highest BCUT2D eigenvalue weighted by atomic mass is 16.2. The fourth-order valence-corrected chi connectivity index (χ4v) is 1.62. The maximum absolute atomic E-state index is 8.89. The van der Waals surface area contributed by atoms with Crippen LogP contribution in [0.25, 0.3) is 0 Å². The first kappa shape index (κ1) is 11.1. The molecule has 0 aliphatic rings. The van der Waals surface area contributed by atoms with Gasteiger partial charge in [-0.25, -0.2) is 9.97 Å². The Balaban J connectivity index is 2.98. The lowest BCUT2D eigenvalue weighted by atomic mass is 10.1. The normalized spacial score (nSPS) is 10.6. The molecule has 1 heterocycles. The van der Waals surface area contributed by atoms with E-state index >= 15 is 0 Å². The van der Waals surface area contributed by atoms with E-state index in [4.69, 9.17) is 5.11 Å². The highest BCUT2D eigenvalue weighted by molar-refractivity contribution is 5.24. The Morgan fingerprint density at radius 3 is 2.07 bits per heavy atom. The number of nitrogens with zero attached hydrogens (tertiary/aromatic N) is 2. The molecule has 1 aromatic heterocycles. The molecule has 0 atom stereocenters. The first-order valence-electron chi connectivity index (χ1n) is 5.12. The van der Waals surface area contributed by atoms with Gasteiger partial charge in [0.05, 0.1) is 0 Å². The van der Waals surface area contributed by atoms with Gasteiger partial charge in [0, 0.05) is 24.4 Å². The molecule has 0 aliphatic carbocycles. The average Bonchev–Trinajstić information content (AvgIpc) is 2.12. The molecule has 0 saturated carbocycles. The minimum Gasteiger partial charge on any atom is -0.396 e. The maximum atomic E-state index is 8.89. The number of aryl methyl sites for hydroxylation is 3. The van der Waals surface area contributed by atoms with Gasteiger partial charge in [0.25, 0.3) is 0 Å². The molecule has 0 radical (unpaired) electrons. The van der Waals surface area contributed by atoms with Gasteiger partial charge < -0.3 is 5.11 Å².